The van der Waals surface area contributed by atoms with Gasteiger partial charge in [-0.15, -0.1) is 0 Å². The minimum Gasteiger partial charge on any atom is -0.350 e. The van der Waals surface area contributed by atoms with Crippen molar-refractivity contribution in [3.8, 4) is 0 Å². The third-order valence-corrected chi connectivity index (χ3v) is 2.70. The Morgan fingerprint density at radius 2 is 2.14 bits per heavy atom. The van der Waals surface area contributed by atoms with Crippen LogP contribution in [0.4, 0.5) is 0 Å². The molecular formula is C11H20N2O. The number of carbonyl (C=O) groups excluding carboxylic acids is 1. The number of nitrogens with one attached hydrogen (secondary N) is 1. The van der Waals surface area contributed by atoms with Crippen LogP contribution in [0.3, 0.4) is 0 Å². The lowest BCUT2D eigenvalue weighted by Crippen LogP contribution is -2.44. The van der Waals surface area contributed by atoms with Crippen molar-refractivity contribution in [2.75, 3.05) is 19.6 Å². The molecule has 1 N–H and O–H groups in total. The fourth-order valence-electron chi connectivity index (χ4n) is 1.79. The number of hydrogen-bond acceptors (Lipinski definition) is 2. The summed E-state index contributed by atoms with van der Waals surface area (Å²) >= 11 is 0. The Labute approximate surface area is 86.2 Å². The van der Waals surface area contributed by atoms with Crippen LogP contribution in [0.15, 0.2) is 12.2 Å². The van der Waals surface area contributed by atoms with Crippen molar-refractivity contribution in [3.63, 3.8) is 0 Å². The first-order valence-corrected chi connectivity index (χ1v) is 5.41. The Bertz CT molecular complexity index is 205. The number of hydrogen-bond donors (Lipinski definition) is 1. The largest absolute Gasteiger partial charge is 0.350 e. The molecule has 14 heavy (non-hydrogen) atoms. The number of carbonyl (C=O) groups is 1. The van der Waals surface area contributed by atoms with Crippen LogP contribution in [0.2, 0.25) is 0 Å². The second-order valence-corrected chi connectivity index (χ2v) is 3.72. The summed E-state index contributed by atoms with van der Waals surface area (Å²) in [5.41, 5.74) is 0. The average molecular weight is 196 g/mol. The Hall–Kier alpha value is -0.830. The summed E-state index contributed by atoms with van der Waals surface area (Å²) in [5.74, 6) is 0.0439. The smallest absolute Gasteiger partial charge is 0.243 e. The summed E-state index contributed by atoms with van der Waals surface area (Å²) in [7, 11) is 0. The van der Waals surface area contributed by atoms with E-state index in [2.05, 4.69) is 17.1 Å². The molecule has 1 heterocycles. The second-order valence-electron chi connectivity index (χ2n) is 3.72. The molecule has 3 nitrogen and oxygen atoms in total. The maximum Gasteiger partial charge on any atom is 0.243 e. The molecule has 1 aliphatic heterocycles. The molecule has 80 valence electrons. The molecule has 0 atom stereocenters. The Morgan fingerprint density at radius 3 is 2.64 bits per heavy atom. The highest BCUT2D eigenvalue weighted by Crippen LogP contribution is 2.09. The van der Waals surface area contributed by atoms with Crippen LogP contribution in [0, 0.1) is 0 Å². The molecule has 1 saturated heterocycles. The molecule has 0 aliphatic carbocycles. The summed E-state index contributed by atoms with van der Waals surface area (Å²) in [4.78, 5) is 13.7. The second kappa shape index (κ2) is 5.81. The minimum atomic E-state index is 0.0439. The van der Waals surface area contributed by atoms with Crippen molar-refractivity contribution in [1.82, 2.24) is 10.2 Å². The van der Waals surface area contributed by atoms with Gasteiger partial charge in [-0.25, -0.2) is 0 Å². The molecular weight excluding hydrogens is 176 g/mol. The molecule has 0 aromatic carbocycles. The normalized spacial score (nSPS) is 20.1. The van der Waals surface area contributed by atoms with E-state index >= 15 is 0 Å². The zero-order valence-corrected chi connectivity index (χ0v) is 9.12. The van der Waals surface area contributed by atoms with E-state index in [1.54, 1.807) is 12.2 Å². The van der Waals surface area contributed by atoms with E-state index in [-0.39, 0.29) is 5.91 Å². The van der Waals surface area contributed by atoms with Crippen molar-refractivity contribution in [3.05, 3.63) is 12.2 Å². The van der Waals surface area contributed by atoms with Gasteiger partial charge in [0.25, 0.3) is 0 Å². The molecule has 0 aromatic rings. The van der Waals surface area contributed by atoms with E-state index in [9.17, 15) is 4.79 Å². The lowest BCUT2D eigenvalue weighted by Gasteiger charge is -2.31. The van der Waals surface area contributed by atoms with Gasteiger partial charge < -0.3 is 10.2 Å². The van der Waals surface area contributed by atoms with E-state index in [0.717, 1.165) is 32.5 Å². The van der Waals surface area contributed by atoms with Crippen molar-refractivity contribution >= 4 is 5.91 Å². The predicted octanol–water partition coefficient (Wildman–Crippen LogP) is 1.16. The number of allylic oxidation sites excluding steroid dienone is 1. The molecule has 3 heteroatoms. The minimum absolute atomic E-state index is 0.0439. The highest BCUT2D eigenvalue weighted by Gasteiger charge is 2.18. The number of nitrogens with zero attached hydrogens (tertiary/aromatic N) is 1. The van der Waals surface area contributed by atoms with Crippen molar-refractivity contribution in [1.29, 1.82) is 0 Å². The first-order chi connectivity index (χ1) is 6.76. The molecule has 1 aliphatic rings. The SMILES string of the molecule is C/C=C/C(=O)NC1CCN(CC)CC1. The molecule has 0 radical (unpaired) electrons. The highest BCUT2D eigenvalue weighted by molar-refractivity contribution is 5.87. The number of rotatable bonds is 3. The maximum atomic E-state index is 11.3. The zero-order chi connectivity index (χ0) is 10.4. The van der Waals surface area contributed by atoms with E-state index in [4.69, 9.17) is 0 Å². The maximum absolute atomic E-state index is 11.3. The first-order valence-electron chi connectivity index (χ1n) is 5.41. The standard InChI is InChI=1S/C11H20N2O/c1-3-5-11(14)12-10-6-8-13(4-2)9-7-10/h3,5,10H,4,6-9H2,1-2H3,(H,12,14)/b5-3+. The van der Waals surface area contributed by atoms with Crippen LogP contribution < -0.4 is 5.32 Å². The highest BCUT2D eigenvalue weighted by atomic mass is 16.1. The van der Waals surface area contributed by atoms with Crippen molar-refractivity contribution < 1.29 is 4.79 Å². The van der Waals surface area contributed by atoms with Crippen LogP contribution in [0.5, 0.6) is 0 Å². The molecule has 0 unspecified atom stereocenters. The van der Waals surface area contributed by atoms with Crippen LogP contribution in [-0.2, 0) is 4.79 Å². The molecule has 1 rings (SSSR count). The lowest BCUT2D eigenvalue weighted by molar-refractivity contribution is -0.117. The Morgan fingerprint density at radius 1 is 1.50 bits per heavy atom. The van der Waals surface area contributed by atoms with Gasteiger partial charge in [-0.05, 0) is 32.4 Å². The lowest BCUT2D eigenvalue weighted by atomic mass is 10.1. The van der Waals surface area contributed by atoms with Crippen LogP contribution >= 0.6 is 0 Å². The summed E-state index contributed by atoms with van der Waals surface area (Å²) in [5, 5.41) is 3.01. The van der Waals surface area contributed by atoms with Crippen molar-refractivity contribution in [2.24, 2.45) is 0 Å². The van der Waals surface area contributed by atoms with E-state index in [0.29, 0.717) is 6.04 Å². The third kappa shape index (κ3) is 3.50. The van der Waals surface area contributed by atoms with E-state index < -0.39 is 0 Å². The molecule has 0 saturated carbocycles. The van der Waals surface area contributed by atoms with Gasteiger partial charge in [0.15, 0.2) is 0 Å². The third-order valence-electron chi connectivity index (χ3n) is 2.70. The van der Waals surface area contributed by atoms with Gasteiger partial charge in [0.2, 0.25) is 5.91 Å². The van der Waals surface area contributed by atoms with Gasteiger partial charge in [-0.2, -0.15) is 0 Å². The van der Waals surface area contributed by atoms with Gasteiger partial charge >= 0.3 is 0 Å². The average Bonchev–Trinajstić information content (AvgIpc) is 2.19. The van der Waals surface area contributed by atoms with E-state index in [1.807, 2.05) is 6.92 Å². The van der Waals surface area contributed by atoms with Gasteiger partial charge in [-0.1, -0.05) is 13.0 Å². The predicted molar refractivity (Wildman–Crippen MR) is 58.1 cm³/mol. The summed E-state index contributed by atoms with van der Waals surface area (Å²) in [6.07, 6.45) is 5.52. The monoisotopic (exact) mass is 196 g/mol. The first kappa shape index (κ1) is 11.2. The molecule has 1 amide bonds. The Kier molecular flexibility index (Phi) is 4.66. The molecule has 0 bridgehead atoms. The molecule has 0 spiro atoms. The zero-order valence-electron chi connectivity index (χ0n) is 9.12. The molecule has 0 aromatic heterocycles. The fourth-order valence-corrected chi connectivity index (χ4v) is 1.79. The van der Waals surface area contributed by atoms with Crippen LogP contribution in [-0.4, -0.2) is 36.5 Å². The topological polar surface area (TPSA) is 32.3 Å². The summed E-state index contributed by atoms with van der Waals surface area (Å²) < 4.78 is 0. The quantitative estimate of drug-likeness (QED) is 0.687. The van der Waals surface area contributed by atoms with Crippen LogP contribution in [0.1, 0.15) is 26.7 Å². The van der Waals surface area contributed by atoms with E-state index in [1.165, 1.54) is 0 Å². The molecule has 1 fully saturated rings. The number of piperidine rings is 1. The summed E-state index contributed by atoms with van der Waals surface area (Å²) in [6.45, 7) is 7.38. The summed E-state index contributed by atoms with van der Waals surface area (Å²) in [6, 6.07) is 0.376. The van der Waals surface area contributed by atoms with Crippen molar-refractivity contribution in [2.45, 2.75) is 32.7 Å². The van der Waals surface area contributed by atoms with Gasteiger partial charge in [0, 0.05) is 19.1 Å². The van der Waals surface area contributed by atoms with Gasteiger partial charge in [0.1, 0.15) is 0 Å². The number of likely N-dealkylation sites (tertiary alicyclic amines) is 1. The number of amides is 1. The fraction of sp³-hybridized carbons (Fsp3) is 0.727. The van der Waals surface area contributed by atoms with Crippen LogP contribution in [0.25, 0.3) is 0 Å². The Balaban J connectivity index is 2.25. The van der Waals surface area contributed by atoms with Gasteiger partial charge in [0.05, 0.1) is 0 Å². The van der Waals surface area contributed by atoms with Gasteiger partial charge in [-0.3, -0.25) is 4.79 Å².